The molecule has 0 saturated carbocycles. The first kappa shape index (κ1) is 51.5. The van der Waals surface area contributed by atoms with Crippen molar-refractivity contribution in [1.29, 1.82) is 0 Å². The van der Waals surface area contributed by atoms with E-state index >= 15 is 0 Å². The molecule has 4 aromatic heterocycles. The SMILES string of the molecule is Cc1nc2c3cc(Oc4cccc(-c5nc6ccccc6n5-c5c(C(C)C)cc(-c6ccccc6)cc5C(C)C)c4)cc(-c4nc5ccccc5n4-c4c(C(C)C)cc(-c5ccccc5)cc4C(C)C)c3oc2c2c1ccc1ccccc12. The Bertz CT molecular complexity index is 4790. The predicted molar refractivity (Wildman–Crippen MR) is 345 cm³/mol. The number of nitrogens with zero attached hydrogens (tertiary/aromatic N) is 5. The molecule has 0 spiro atoms. The van der Waals surface area contributed by atoms with Crippen LogP contribution in [0.3, 0.4) is 0 Å². The normalized spacial score (nSPS) is 12.1. The van der Waals surface area contributed by atoms with Crippen LogP contribution in [0.25, 0.3) is 122 Å². The number of fused-ring (bicyclic) bond motifs is 9. The first-order valence-electron chi connectivity index (χ1n) is 29.3. The molecular formula is C76H65N5O2. The van der Waals surface area contributed by atoms with Gasteiger partial charge < -0.3 is 9.15 Å². The summed E-state index contributed by atoms with van der Waals surface area (Å²) >= 11 is 0. The van der Waals surface area contributed by atoms with Crippen molar-refractivity contribution in [3.05, 3.63) is 234 Å². The fourth-order valence-electron chi connectivity index (χ4n) is 12.7. The number of benzene rings is 10. The lowest BCUT2D eigenvalue weighted by atomic mass is 9.88. The second-order valence-corrected chi connectivity index (χ2v) is 23.5. The van der Waals surface area contributed by atoms with Gasteiger partial charge in [0.05, 0.1) is 44.4 Å². The fraction of sp³-hybridized carbons (Fsp3) is 0.171. The Morgan fingerprint density at radius 1 is 0.386 bits per heavy atom. The van der Waals surface area contributed by atoms with Crippen molar-refractivity contribution in [2.75, 3.05) is 0 Å². The Labute approximate surface area is 484 Å². The van der Waals surface area contributed by atoms with Crippen LogP contribution in [0.2, 0.25) is 0 Å². The summed E-state index contributed by atoms with van der Waals surface area (Å²) < 4.78 is 19.5. The van der Waals surface area contributed by atoms with Gasteiger partial charge in [0.25, 0.3) is 0 Å². The smallest absolute Gasteiger partial charge is 0.162 e. The standard InChI is InChI=1S/C76H65N5O2/c1-44(2)59-38-53(49-23-12-10-13-24-49)39-60(45(3)4)71(59)80-67-33-20-18-31-65(67)78-75(80)52-28-22-29-55(37-52)82-56-42-63-70-74(69-57(48(9)77-70)36-35-51-27-16-17-30-58(51)69)83-73(63)64(43-56)76-79-66-32-19-21-34-68(66)81(76)72-61(46(5)6)40-54(41-62(72)47(7)8)50-25-14-11-15-26-50/h10-47H,1-9H3. The van der Waals surface area contributed by atoms with Crippen molar-refractivity contribution in [1.82, 2.24) is 24.1 Å². The Kier molecular flexibility index (Phi) is 12.7. The minimum absolute atomic E-state index is 0.177. The zero-order chi connectivity index (χ0) is 56.8. The molecule has 0 fully saturated rings. The number of rotatable bonds is 12. The summed E-state index contributed by atoms with van der Waals surface area (Å²) in [7, 11) is 0. The first-order valence-corrected chi connectivity index (χ1v) is 29.3. The van der Waals surface area contributed by atoms with Gasteiger partial charge in [-0.25, -0.2) is 15.0 Å². The van der Waals surface area contributed by atoms with Crippen LogP contribution in [-0.2, 0) is 0 Å². The number of imidazole rings is 2. The number of para-hydroxylation sites is 4. The van der Waals surface area contributed by atoms with Gasteiger partial charge in [0.15, 0.2) is 5.58 Å². The molecule has 4 heterocycles. The van der Waals surface area contributed by atoms with E-state index in [1.165, 1.54) is 50.2 Å². The largest absolute Gasteiger partial charge is 0.457 e. The zero-order valence-corrected chi connectivity index (χ0v) is 48.5. The van der Waals surface area contributed by atoms with E-state index in [0.29, 0.717) is 17.1 Å². The molecule has 0 unspecified atom stereocenters. The molecule has 7 heteroatoms. The van der Waals surface area contributed by atoms with Gasteiger partial charge in [0.2, 0.25) is 0 Å². The van der Waals surface area contributed by atoms with Crippen molar-refractivity contribution < 1.29 is 9.15 Å². The van der Waals surface area contributed by atoms with Crippen molar-refractivity contribution in [3.63, 3.8) is 0 Å². The lowest BCUT2D eigenvalue weighted by molar-refractivity contribution is 0.483. The quantitative estimate of drug-likeness (QED) is 0.114. The first-order chi connectivity index (χ1) is 40.4. The van der Waals surface area contributed by atoms with E-state index in [9.17, 15) is 0 Å². The molecule has 0 aliphatic rings. The molecule has 83 heavy (non-hydrogen) atoms. The monoisotopic (exact) mass is 1080 g/mol. The highest BCUT2D eigenvalue weighted by Crippen LogP contribution is 2.47. The maximum Gasteiger partial charge on any atom is 0.162 e. The van der Waals surface area contributed by atoms with E-state index in [1.54, 1.807) is 0 Å². The van der Waals surface area contributed by atoms with Crippen LogP contribution in [-0.4, -0.2) is 24.1 Å². The third kappa shape index (κ3) is 8.76. The number of pyridine rings is 1. The highest BCUT2D eigenvalue weighted by Gasteiger charge is 2.29. The minimum Gasteiger partial charge on any atom is -0.457 e. The van der Waals surface area contributed by atoms with E-state index in [0.717, 1.165) is 94.3 Å². The third-order valence-corrected chi connectivity index (χ3v) is 16.7. The average Bonchev–Trinajstić information content (AvgIpc) is 2.17. The molecule has 14 aromatic rings. The summed E-state index contributed by atoms with van der Waals surface area (Å²) in [5.74, 6) is 3.70. The van der Waals surface area contributed by atoms with Gasteiger partial charge in [-0.15, -0.1) is 0 Å². The second-order valence-electron chi connectivity index (χ2n) is 23.5. The molecule has 10 aromatic carbocycles. The number of hydrogen-bond acceptors (Lipinski definition) is 5. The van der Waals surface area contributed by atoms with Gasteiger partial charge in [-0.3, -0.25) is 9.13 Å². The van der Waals surface area contributed by atoms with Gasteiger partial charge in [-0.05, 0) is 159 Å². The molecule has 0 aliphatic heterocycles. The van der Waals surface area contributed by atoms with E-state index in [-0.39, 0.29) is 23.7 Å². The highest BCUT2D eigenvalue weighted by atomic mass is 16.5. The van der Waals surface area contributed by atoms with Gasteiger partial charge in [0.1, 0.15) is 34.2 Å². The Morgan fingerprint density at radius 2 is 0.892 bits per heavy atom. The lowest BCUT2D eigenvalue weighted by Crippen LogP contribution is -2.09. The van der Waals surface area contributed by atoms with Gasteiger partial charge in [0, 0.05) is 22.0 Å². The summed E-state index contributed by atoms with van der Waals surface area (Å²) in [6.45, 7) is 20.5. The van der Waals surface area contributed by atoms with Crippen molar-refractivity contribution in [2.45, 2.75) is 86.0 Å². The molecule has 406 valence electrons. The Hall–Kier alpha value is -9.59. The highest BCUT2D eigenvalue weighted by molar-refractivity contribution is 6.23. The van der Waals surface area contributed by atoms with Crippen LogP contribution in [0, 0.1) is 6.92 Å². The number of hydrogen-bond donors (Lipinski definition) is 0. The summed E-state index contributed by atoms with van der Waals surface area (Å²) in [5.41, 5.74) is 20.8. The van der Waals surface area contributed by atoms with E-state index in [2.05, 4.69) is 272 Å². The minimum atomic E-state index is 0.177. The van der Waals surface area contributed by atoms with E-state index < -0.39 is 0 Å². The summed E-state index contributed by atoms with van der Waals surface area (Å²) in [5, 5.41) is 5.19. The van der Waals surface area contributed by atoms with E-state index in [1.807, 2.05) is 6.07 Å². The molecule has 0 amide bonds. The van der Waals surface area contributed by atoms with Gasteiger partial charge in [-0.1, -0.05) is 189 Å². The average molecular weight is 1080 g/mol. The molecule has 0 aliphatic carbocycles. The van der Waals surface area contributed by atoms with Gasteiger partial charge in [-0.2, -0.15) is 0 Å². The van der Waals surface area contributed by atoms with Crippen molar-refractivity contribution in [3.8, 4) is 67.9 Å². The predicted octanol–water partition coefficient (Wildman–Crippen LogP) is 21.2. The van der Waals surface area contributed by atoms with Crippen LogP contribution >= 0.6 is 0 Å². The van der Waals surface area contributed by atoms with Crippen LogP contribution < -0.4 is 4.74 Å². The second kappa shape index (κ2) is 20.4. The van der Waals surface area contributed by atoms with Crippen LogP contribution in [0.15, 0.2) is 211 Å². The van der Waals surface area contributed by atoms with Crippen LogP contribution in [0.1, 0.15) is 107 Å². The molecule has 0 N–H and O–H groups in total. The van der Waals surface area contributed by atoms with Crippen molar-refractivity contribution in [2.24, 2.45) is 0 Å². The molecule has 0 bridgehead atoms. The molecule has 7 nitrogen and oxygen atoms in total. The number of ether oxygens (including phenoxy) is 1. The summed E-state index contributed by atoms with van der Waals surface area (Å²) in [4.78, 5) is 16.5. The van der Waals surface area contributed by atoms with E-state index in [4.69, 9.17) is 24.1 Å². The Balaban J connectivity index is 1.01. The lowest BCUT2D eigenvalue weighted by Gasteiger charge is -2.24. The topological polar surface area (TPSA) is 70.9 Å². The maximum atomic E-state index is 7.40. The summed E-state index contributed by atoms with van der Waals surface area (Å²) in [6, 6.07) is 73.5. The number of aromatic nitrogens is 5. The maximum absolute atomic E-state index is 7.40. The number of furan rings is 1. The zero-order valence-electron chi connectivity index (χ0n) is 48.5. The summed E-state index contributed by atoms with van der Waals surface area (Å²) in [6.07, 6.45) is 0. The Morgan fingerprint density at radius 3 is 1.47 bits per heavy atom. The third-order valence-electron chi connectivity index (χ3n) is 16.7. The fourth-order valence-corrected chi connectivity index (χ4v) is 12.7. The van der Waals surface area contributed by atoms with Crippen LogP contribution in [0.4, 0.5) is 0 Å². The molecule has 0 saturated heterocycles. The molecular weight excluding hydrogens is 1010 g/mol. The molecule has 14 rings (SSSR count). The van der Waals surface area contributed by atoms with Gasteiger partial charge >= 0.3 is 0 Å². The van der Waals surface area contributed by atoms with Crippen LogP contribution in [0.5, 0.6) is 11.5 Å². The molecule has 0 atom stereocenters. The number of aryl methyl sites for hydroxylation is 1. The van der Waals surface area contributed by atoms with Crippen molar-refractivity contribution >= 4 is 65.7 Å². The molecule has 0 radical (unpaired) electrons.